The standard InChI is InChI=1S/C18H18F2S/c1-11-5-6-12(2)18(7-11)21-13(3)8-15-9-16(19)14(4)17(20)10-15/h5-7,9-10H,3,8H2,1-2,4H3. The van der Waals surface area contributed by atoms with Gasteiger partial charge in [0.05, 0.1) is 0 Å². The minimum atomic E-state index is -0.505. The van der Waals surface area contributed by atoms with Gasteiger partial charge in [0.2, 0.25) is 0 Å². The van der Waals surface area contributed by atoms with E-state index in [2.05, 4.69) is 24.8 Å². The number of halogens is 2. The Morgan fingerprint density at radius 2 is 1.67 bits per heavy atom. The number of hydrogen-bond acceptors (Lipinski definition) is 1. The molecule has 2 rings (SSSR count). The highest BCUT2D eigenvalue weighted by molar-refractivity contribution is 8.03. The molecule has 0 aliphatic rings. The monoisotopic (exact) mass is 304 g/mol. The normalized spacial score (nSPS) is 10.7. The summed E-state index contributed by atoms with van der Waals surface area (Å²) in [6.07, 6.45) is 0.451. The number of rotatable bonds is 4. The predicted molar refractivity (Wildman–Crippen MR) is 85.7 cm³/mol. The lowest BCUT2D eigenvalue weighted by Crippen LogP contribution is -1.95. The van der Waals surface area contributed by atoms with Gasteiger partial charge >= 0.3 is 0 Å². The first-order chi connectivity index (χ1) is 9.86. The fourth-order valence-corrected chi connectivity index (χ4v) is 3.06. The third kappa shape index (κ3) is 3.94. The van der Waals surface area contributed by atoms with Gasteiger partial charge in [0.25, 0.3) is 0 Å². The summed E-state index contributed by atoms with van der Waals surface area (Å²) in [5, 5.41) is 0. The Kier molecular flexibility index (Phi) is 4.84. The van der Waals surface area contributed by atoms with Crippen LogP contribution in [0, 0.1) is 32.4 Å². The van der Waals surface area contributed by atoms with E-state index in [1.807, 2.05) is 13.8 Å². The van der Waals surface area contributed by atoms with Crippen molar-refractivity contribution in [3.8, 4) is 0 Å². The molecule has 2 aromatic rings. The Balaban J connectivity index is 2.13. The van der Waals surface area contributed by atoms with Gasteiger partial charge in [0, 0.05) is 16.9 Å². The van der Waals surface area contributed by atoms with Gasteiger partial charge in [-0.05, 0) is 60.6 Å². The first-order valence-electron chi connectivity index (χ1n) is 6.74. The van der Waals surface area contributed by atoms with Crippen molar-refractivity contribution in [1.82, 2.24) is 0 Å². The van der Waals surface area contributed by atoms with Crippen molar-refractivity contribution in [2.75, 3.05) is 0 Å². The van der Waals surface area contributed by atoms with E-state index in [4.69, 9.17) is 0 Å². The van der Waals surface area contributed by atoms with Crippen LogP contribution in [0.15, 0.2) is 46.7 Å². The second-order valence-electron chi connectivity index (χ2n) is 5.27. The van der Waals surface area contributed by atoms with Gasteiger partial charge < -0.3 is 0 Å². The molecule has 0 spiro atoms. The minimum Gasteiger partial charge on any atom is -0.207 e. The fourth-order valence-electron chi connectivity index (χ4n) is 2.04. The summed E-state index contributed by atoms with van der Waals surface area (Å²) in [6.45, 7) is 9.54. The lowest BCUT2D eigenvalue weighted by atomic mass is 10.1. The fraction of sp³-hybridized carbons (Fsp3) is 0.222. The zero-order valence-electron chi connectivity index (χ0n) is 12.5. The van der Waals surface area contributed by atoms with Gasteiger partial charge in [-0.1, -0.05) is 30.5 Å². The molecule has 0 nitrogen and oxygen atoms in total. The largest absolute Gasteiger partial charge is 0.207 e. The predicted octanol–water partition coefficient (Wildman–Crippen LogP) is 5.74. The topological polar surface area (TPSA) is 0 Å². The lowest BCUT2D eigenvalue weighted by Gasteiger charge is -2.10. The summed E-state index contributed by atoms with van der Waals surface area (Å²) < 4.78 is 27.1. The van der Waals surface area contributed by atoms with Gasteiger partial charge in [-0.2, -0.15) is 0 Å². The van der Waals surface area contributed by atoms with E-state index in [0.717, 1.165) is 9.80 Å². The molecule has 0 bridgehead atoms. The summed E-state index contributed by atoms with van der Waals surface area (Å²) in [6, 6.07) is 8.99. The maximum Gasteiger partial charge on any atom is 0.129 e. The minimum absolute atomic E-state index is 0.0616. The van der Waals surface area contributed by atoms with Crippen molar-refractivity contribution < 1.29 is 8.78 Å². The molecule has 21 heavy (non-hydrogen) atoms. The van der Waals surface area contributed by atoms with Gasteiger partial charge in [-0.15, -0.1) is 0 Å². The van der Waals surface area contributed by atoms with Crippen LogP contribution in [-0.2, 0) is 6.42 Å². The maximum atomic E-state index is 13.6. The maximum absolute atomic E-state index is 13.6. The van der Waals surface area contributed by atoms with E-state index < -0.39 is 11.6 Å². The van der Waals surface area contributed by atoms with Crippen LogP contribution < -0.4 is 0 Å². The number of thioether (sulfide) groups is 1. The van der Waals surface area contributed by atoms with Crippen molar-refractivity contribution in [3.05, 3.63) is 75.7 Å². The van der Waals surface area contributed by atoms with Crippen LogP contribution in [0.25, 0.3) is 0 Å². The molecule has 0 fully saturated rings. The van der Waals surface area contributed by atoms with E-state index in [-0.39, 0.29) is 5.56 Å². The highest BCUT2D eigenvalue weighted by Crippen LogP contribution is 2.31. The van der Waals surface area contributed by atoms with E-state index in [1.54, 1.807) is 11.8 Å². The molecule has 0 saturated heterocycles. The Hall–Kier alpha value is -1.61. The summed E-state index contributed by atoms with van der Waals surface area (Å²) in [4.78, 5) is 2.00. The molecule has 0 saturated carbocycles. The van der Waals surface area contributed by atoms with E-state index in [0.29, 0.717) is 12.0 Å². The molecule has 0 aliphatic carbocycles. The second-order valence-corrected chi connectivity index (χ2v) is 6.49. The average Bonchev–Trinajstić information content (AvgIpc) is 2.40. The van der Waals surface area contributed by atoms with Crippen LogP contribution in [0.4, 0.5) is 8.78 Å². The molecular weight excluding hydrogens is 286 g/mol. The third-order valence-corrected chi connectivity index (χ3v) is 4.43. The second kappa shape index (κ2) is 6.44. The smallest absolute Gasteiger partial charge is 0.129 e. The van der Waals surface area contributed by atoms with E-state index in [9.17, 15) is 8.78 Å². The molecule has 110 valence electrons. The Labute approximate surface area is 128 Å². The Morgan fingerprint density at radius 3 is 2.29 bits per heavy atom. The molecule has 0 aromatic heterocycles. The molecule has 3 heteroatoms. The molecular formula is C18H18F2S. The SMILES string of the molecule is C=C(Cc1cc(F)c(C)c(F)c1)Sc1cc(C)ccc1C. The van der Waals surface area contributed by atoms with Crippen molar-refractivity contribution in [1.29, 1.82) is 0 Å². The zero-order chi connectivity index (χ0) is 15.6. The third-order valence-electron chi connectivity index (χ3n) is 3.34. The number of allylic oxidation sites excluding steroid dienone is 1. The lowest BCUT2D eigenvalue weighted by molar-refractivity contribution is 0.565. The van der Waals surface area contributed by atoms with Gasteiger partial charge in [-0.3, -0.25) is 0 Å². The van der Waals surface area contributed by atoms with Crippen molar-refractivity contribution in [2.45, 2.75) is 32.1 Å². The molecule has 0 unspecified atom stereocenters. The van der Waals surface area contributed by atoms with E-state index >= 15 is 0 Å². The van der Waals surface area contributed by atoms with Crippen LogP contribution >= 0.6 is 11.8 Å². The zero-order valence-corrected chi connectivity index (χ0v) is 13.3. The van der Waals surface area contributed by atoms with Crippen molar-refractivity contribution in [2.24, 2.45) is 0 Å². The van der Waals surface area contributed by atoms with Crippen molar-refractivity contribution in [3.63, 3.8) is 0 Å². The molecule has 2 aromatic carbocycles. The molecule has 0 radical (unpaired) electrons. The Bertz CT molecular complexity index is 667. The van der Waals surface area contributed by atoms with E-state index in [1.165, 1.54) is 30.2 Å². The molecule has 0 heterocycles. The van der Waals surface area contributed by atoms with Crippen molar-refractivity contribution >= 4 is 11.8 Å². The van der Waals surface area contributed by atoms with Gasteiger partial charge in [-0.25, -0.2) is 8.78 Å². The van der Waals surface area contributed by atoms with Crippen LogP contribution in [0.5, 0.6) is 0 Å². The summed E-state index contributed by atoms with van der Waals surface area (Å²) in [7, 11) is 0. The van der Waals surface area contributed by atoms with Gasteiger partial charge in [0.15, 0.2) is 0 Å². The number of benzene rings is 2. The number of aryl methyl sites for hydroxylation is 2. The molecule has 0 atom stereocenters. The average molecular weight is 304 g/mol. The highest BCUT2D eigenvalue weighted by atomic mass is 32.2. The summed E-state index contributed by atoms with van der Waals surface area (Å²) in [5.41, 5.74) is 3.03. The molecule has 0 N–H and O–H groups in total. The molecule has 0 amide bonds. The first-order valence-corrected chi connectivity index (χ1v) is 7.56. The molecule has 0 aliphatic heterocycles. The van der Waals surface area contributed by atoms with Crippen LogP contribution in [0.3, 0.4) is 0 Å². The van der Waals surface area contributed by atoms with Gasteiger partial charge in [0.1, 0.15) is 11.6 Å². The quantitative estimate of drug-likeness (QED) is 0.649. The Morgan fingerprint density at radius 1 is 1.05 bits per heavy atom. The highest BCUT2D eigenvalue weighted by Gasteiger charge is 2.09. The summed E-state index contributed by atoms with van der Waals surface area (Å²) >= 11 is 1.56. The summed E-state index contributed by atoms with van der Waals surface area (Å²) in [5.74, 6) is -1.01. The van der Waals surface area contributed by atoms with Crippen LogP contribution in [-0.4, -0.2) is 0 Å². The van der Waals surface area contributed by atoms with Crippen LogP contribution in [0.2, 0.25) is 0 Å². The first kappa shape index (κ1) is 15.8. The van der Waals surface area contributed by atoms with Crippen LogP contribution in [0.1, 0.15) is 22.3 Å². The number of hydrogen-bond donors (Lipinski definition) is 0.